The molecule has 4 aliphatic rings. The number of para-hydroxylation sites is 1. The molecule has 13 heteroatoms. The number of nitrogens with zero attached hydrogens (tertiary/aromatic N) is 6. The molecule has 7 rings (SSSR count). The number of nitrogens with one attached hydrogen (secondary N) is 3. The zero-order valence-corrected chi connectivity index (χ0v) is 27.8. The molecule has 3 saturated heterocycles. The Morgan fingerprint density at radius 3 is 2.48 bits per heavy atom. The standard InChI is InChI=1S/C35H47N9O4/c1-40-13-9-28(10-14-40)41-18-20-42(21-19-41)33(45)32(23-25-6-7-31-27(22-25)24-36-39-31)38-35(47)48-43-15-11-29(12-16-43)44-17-8-26-4-2-3-5-30(26)37-34(44)46/h2-7,22,24,28-29,32H,8-21,23H2,1H3,(H,36,39)(H,37,46)(H,38,47). The number of hydroxylamine groups is 2. The van der Waals surface area contributed by atoms with Gasteiger partial charge in [0.05, 0.1) is 11.7 Å². The lowest BCUT2D eigenvalue weighted by Gasteiger charge is -2.42. The Bertz CT molecular complexity index is 1590. The molecule has 4 aliphatic heterocycles. The zero-order valence-electron chi connectivity index (χ0n) is 27.8. The van der Waals surface area contributed by atoms with E-state index in [9.17, 15) is 14.4 Å². The normalized spacial score (nSPS) is 21.4. The number of piperazine rings is 1. The lowest BCUT2D eigenvalue weighted by atomic mass is 10.0. The molecule has 3 N–H and O–H groups in total. The summed E-state index contributed by atoms with van der Waals surface area (Å²) >= 11 is 0. The summed E-state index contributed by atoms with van der Waals surface area (Å²) in [6.45, 7) is 6.84. The number of hydrogen-bond acceptors (Lipinski definition) is 8. The number of carbonyl (C=O) groups excluding carboxylic acids is 3. The van der Waals surface area contributed by atoms with Gasteiger partial charge in [0.1, 0.15) is 6.04 Å². The van der Waals surface area contributed by atoms with Crippen LogP contribution in [0.4, 0.5) is 15.3 Å². The zero-order chi connectivity index (χ0) is 33.0. The number of aromatic nitrogens is 2. The highest BCUT2D eigenvalue weighted by molar-refractivity contribution is 5.91. The Hall–Kier alpha value is -4.20. The van der Waals surface area contributed by atoms with Gasteiger partial charge < -0.3 is 30.2 Å². The monoisotopic (exact) mass is 657 g/mol. The second kappa shape index (κ2) is 14.5. The summed E-state index contributed by atoms with van der Waals surface area (Å²) in [6.07, 6.45) is 5.96. The number of likely N-dealkylation sites (tertiary alicyclic amines) is 1. The molecule has 256 valence electrons. The molecule has 5 heterocycles. The van der Waals surface area contributed by atoms with Crippen LogP contribution in [0.1, 0.15) is 36.8 Å². The minimum Gasteiger partial charge on any atom is -0.351 e. The third-order valence-electron chi connectivity index (χ3n) is 10.6. The molecule has 3 fully saturated rings. The van der Waals surface area contributed by atoms with Crippen molar-refractivity contribution in [2.75, 3.05) is 71.3 Å². The molecule has 1 atom stereocenters. The maximum absolute atomic E-state index is 14.0. The van der Waals surface area contributed by atoms with Crippen LogP contribution in [0.25, 0.3) is 10.9 Å². The largest absolute Gasteiger partial charge is 0.426 e. The molecule has 0 radical (unpaired) electrons. The lowest BCUT2D eigenvalue weighted by molar-refractivity contribution is -0.138. The van der Waals surface area contributed by atoms with E-state index >= 15 is 0 Å². The van der Waals surface area contributed by atoms with E-state index in [-0.39, 0.29) is 18.0 Å². The van der Waals surface area contributed by atoms with Gasteiger partial charge in [-0.2, -0.15) is 5.10 Å². The van der Waals surface area contributed by atoms with Crippen molar-refractivity contribution in [2.45, 2.75) is 56.7 Å². The van der Waals surface area contributed by atoms with Crippen LogP contribution in [-0.4, -0.2) is 137 Å². The summed E-state index contributed by atoms with van der Waals surface area (Å²) in [6, 6.07) is 13.6. The molecular formula is C35H47N9O4. The van der Waals surface area contributed by atoms with Gasteiger partial charge in [-0.3, -0.25) is 14.8 Å². The molecule has 2 aromatic carbocycles. The molecular weight excluding hydrogens is 610 g/mol. The fourth-order valence-corrected chi connectivity index (χ4v) is 7.71. The van der Waals surface area contributed by atoms with Gasteiger partial charge >= 0.3 is 12.1 Å². The Morgan fingerprint density at radius 1 is 0.938 bits per heavy atom. The first kappa shape index (κ1) is 32.4. The van der Waals surface area contributed by atoms with Crippen LogP contribution >= 0.6 is 0 Å². The van der Waals surface area contributed by atoms with Crippen molar-refractivity contribution >= 4 is 34.6 Å². The van der Waals surface area contributed by atoms with Gasteiger partial charge in [0.15, 0.2) is 0 Å². The highest BCUT2D eigenvalue weighted by atomic mass is 16.7. The summed E-state index contributed by atoms with van der Waals surface area (Å²) in [7, 11) is 2.17. The third-order valence-corrected chi connectivity index (χ3v) is 10.6. The van der Waals surface area contributed by atoms with Crippen molar-refractivity contribution in [1.82, 2.24) is 40.2 Å². The molecule has 13 nitrogen and oxygen atoms in total. The predicted molar refractivity (Wildman–Crippen MR) is 182 cm³/mol. The summed E-state index contributed by atoms with van der Waals surface area (Å²) < 4.78 is 0. The molecule has 3 aromatic rings. The smallest absolute Gasteiger partial charge is 0.351 e. The van der Waals surface area contributed by atoms with E-state index < -0.39 is 12.1 Å². The van der Waals surface area contributed by atoms with Crippen LogP contribution < -0.4 is 10.6 Å². The number of piperidine rings is 2. The lowest BCUT2D eigenvalue weighted by Crippen LogP contribution is -2.58. The Labute approximate surface area is 281 Å². The number of aromatic amines is 1. The first-order valence-corrected chi connectivity index (χ1v) is 17.4. The van der Waals surface area contributed by atoms with Crippen molar-refractivity contribution in [2.24, 2.45) is 0 Å². The predicted octanol–water partition coefficient (Wildman–Crippen LogP) is 2.91. The number of amides is 4. The van der Waals surface area contributed by atoms with E-state index in [4.69, 9.17) is 4.84 Å². The van der Waals surface area contributed by atoms with Crippen molar-refractivity contribution in [1.29, 1.82) is 0 Å². The average molecular weight is 658 g/mol. The number of urea groups is 1. The van der Waals surface area contributed by atoms with E-state index in [1.54, 1.807) is 11.3 Å². The number of rotatable bonds is 7. The first-order chi connectivity index (χ1) is 23.4. The highest BCUT2D eigenvalue weighted by Crippen LogP contribution is 2.25. The number of hydrogen-bond donors (Lipinski definition) is 3. The molecule has 48 heavy (non-hydrogen) atoms. The maximum atomic E-state index is 14.0. The molecule has 0 aliphatic carbocycles. The van der Waals surface area contributed by atoms with E-state index in [1.165, 1.54) is 0 Å². The van der Waals surface area contributed by atoms with Crippen LogP contribution in [0.3, 0.4) is 0 Å². The second-order valence-electron chi connectivity index (χ2n) is 13.7. The number of anilines is 1. The fraction of sp³-hybridized carbons (Fsp3) is 0.543. The number of H-pyrrole nitrogens is 1. The quantitative estimate of drug-likeness (QED) is 0.354. The molecule has 0 spiro atoms. The highest BCUT2D eigenvalue weighted by Gasteiger charge is 2.34. The van der Waals surface area contributed by atoms with E-state index in [0.717, 1.165) is 73.2 Å². The fourth-order valence-electron chi connectivity index (χ4n) is 7.71. The minimum absolute atomic E-state index is 0.0579. The van der Waals surface area contributed by atoms with E-state index in [0.29, 0.717) is 58.0 Å². The SMILES string of the molecule is CN1CCC(N2CCN(C(=O)C(Cc3ccc4[nH]ncc4c3)NC(=O)ON3CCC(N4CCc5ccccc5NC4=O)CC3)CC2)CC1. The third kappa shape index (κ3) is 7.43. The second-order valence-corrected chi connectivity index (χ2v) is 13.7. The average Bonchev–Trinajstić information content (AvgIpc) is 3.50. The van der Waals surface area contributed by atoms with Gasteiger partial charge in [-0.05, 0) is 81.6 Å². The molecule has 4 amide bonds. The van der Waals surface area contributed by atoms with Crippen LogP contribution in [-0.2, 0) is 22.5 Å². The van der Waals surface area contributed by atoms with Crippen LogP contribution in [0, 0.1) is 0 Å². The van der Waals surface area contributed by atoms with Crippen LogP contribution in [0.2, 0.25) is 0 Å². The number of fused-ring (bicyclic) bond motifs is 2. The molecule has 1 unspecified atom stereocenters. The van der Waals surface area contributed by atoms with E-state index in [2.05, 4.69) is 43.7 Å². The van der Waals surface area contributed by atoms with Gasteiger partial charge in [-0.1, -0.05) is 24.3 Å². The summed E-state index contributed by atoms with van der Waals surface area (Å²) in [5.74, 6) is -0.0888. The van der Waals surface area contributed by atoms with Crippen molar-refractivity contribution in [3.8, 4) is 0 Å². The van der Waals surface area contributed by atoms with Crippen molar-refractivity contribution < 1.29 is 19.2 Å². The maximum Gasteiger partial charge on any atom is 0.426 e. The van der Waals surface area contributed by atoms with Crippen LogP contribution in [0.15, 0.2) is 48.7 Å². The number of carbonyl (C=O) groups is 3. The minimum atomic E-state index is -0.767. The molecule has 0 bridgehead atoms. The number of benzene rings is 2. The topological polar surface area (TPSA) is 129 Å². The Morgan fingerprint density at radius 2 is 1.69 bits per heavy atom. The van der Waals surface area contributed by atoms with Gasteiger partial charge in [0, 0.05) is 75.4 Å². The van der Waals surface area contributed by atoms with Gasteiger partial charge in [-0.25, -0.2) is 9.59 Å². The van der Waals surface area contributed by atoms with Gasteiger partial charge in [0.2, 0.25) is 5.91 Å². The summed E-state index contributed by atoms with van der Waals surface area (Å²) in [5.41, 5.74) is 3.87. The van der Waals surface area contributed by atoms with Crippen molar-refractivity contribution in [3.05, 3.63) is 59.8 Å². The van der Waals surface area contributed by atoms with Gasteiger partial charge in [0.25, 0.3) is 0 Å². The Balaban J connectivity index is 0.950. The molecule has 0 saturated carbocycles. The van der Waals surface area contributed by atoms with Crippen LogP contribution in [0.5, 0.6) is 0 Å². The van der Waals surface area contributed by atoms with Crippen molar-refractivity contribution in [3.63, 3.8) is 0 Å². The summed E-state index contributed by atoms with van der Waals surface area (Å²) in [5, 5.41) is 15.7. The summed E-state index contributed by atoms with van der Waals surface area (Å²) in [4.78, 5) is 54.8. The Kier molecular flexibility index (Phi) is 9.78. The van der Waals surface area contributed by atoms with Gasteiger partial charge in [-0.15, -0.1) is 5.06 Å². The molecule has 1 aromatic heterocycles. The first-order valence-electron chi connectivity index (χ1n) is 17.4. The van der Waals surface area contributed by atoms with E-state index in [1.807, 2.05) is 46.2 Å².